The van der Waals surface area contributed by atoms with Crippen LogP contribution >= 0.6 is 0 Å². The highest BCUT2D eigenvalue weighted by atomic mass is 19.4. The average molecular weight is 502 g/mol. The van der Waals surface area contributed by atoms with E-state index in [4.69, 9.17) is 4.74 Å². The second-order valence-corrected chi connectivity index (χ2v) is 7.73. The van der Waals surface area contributed by atoms with Crippen molar-refractivity contribution < 1.29 is 27.5 Å². The molecule has 0 bridgehead atoms. The maximum atomic E-state index is 12.9. The summed E-state index contributed by atoms with van der Waals surface area (Å²) >= 11 is 0. The van der Waals surface area contributed by atoms with Gasteiger partial charge in [0.15, 0.2) is 12.4 Å². The minimum absolute atomic E-state index is 0.00336. The summed E-state index contributed by atoms with van der Waals surface area (Å²) in [5.41, 5.74) is 0.294. The fraction of sp³-hybridized carbons (Fsp3) is 0.227. The molecule has 1 aromatic carbocycles. The van der Waals surface area contributed by atoms with Gasteiger partial charge in [-0.2, -0.15) is 28.5 Å². The molecule has 14 heteroatoms. The Kier molecular flexibility index (Phi) is 6.76. The van der Waals surface area contributed by atoms with Crippen molar-refractivity contribution in [3.63, 3.8) is 0 Å². The van der Waals surface area contributed by atoms with Crippen molar-refractivity contribution in [1.29, 1.82) is 0 Å². The number of amides is 2. The van der Waals surface area contributed by atoms with Gasteiger partial charge in [-0.3, -0.25) is 19.0 Å². The van der Waals surface area contributed by atoms with E-state index in [1.54, 1.807) is 31.2 Å². The Morgan fingerprint density at radius 1 is 1.08 bits per heavy atom. The van der Waals surface area contributed by atoms with Crippen LogP contribution < -0.4 is 15.4 Å². The summed E-state index contributed by atoms with van der Waals surface area (Å²) in [7, 11) is 3.33. The minimum Gasteiger partial charge on any atom is -0.471 e. The third-order valence-corrected chi connectivity index (χ3v) is 5.01. The smallest absolute Gasteiger partial charge is 0.416 e. The summed E-state index contributed by atoms with van der Waals surface area (Å²) in [6, 6.07) is 5.84. The van der Waals surface area contributed by atoms with E-state index in [2.05, 4.69) is 25.9 Å². The SMILES string of the molecule is Cn1cc(CNC(=O)c2c(NC(=O)c3ccn(COc4cccc(C(F)(F)F)c4)n3)cnn2C)cn1. The Hall–Kier alpha value is -4.62. The van der Waals surface area contributed by atoms with E-state index in [0.29, 0.717) is 0 Å². The molecule has 0 spiro atoms. The number of carbonyl (C=O) groups excluding carboxylic acids is 2. The Morgan fingerprint density at radius 2 is 1.89 bits per heavy atom. The molecule has 0 unspecified atom stereocenters. The molecule has 188 valence electrons. The number of aryl methyl sites for hydroxylation is 2. The Labute approximate surface area is 202 Å². The number of ether oxygens (including phenoxy) is 1. The van der Waals surface area contributed by atoms with Gasteiger partial charge < -0.3 is 15.4 Å². The predicted molar refractivity (Wildman–Crippen MR) is 120 cm³/mol. The maximum Gasteiger partial charge on any atom is 0.416 e. The first kappa shape index (κ1) is 24.5. The molecule has 0 aliphatic rings. The van der Waals surface area contributed by atoms with Crippen LogP contribution in [0.5, 0.6) is 5.75 Å². The lowest BCUT2D eigenvalue weighted by Gasteiger charge is -2.10. The quantitative estimate of drug-likeness (QED) is 0.382. The lowest BCUT2D eigenvalue weighted by Crippen LogP contribution is -2.26. The second kappa shape index (κ2) is 9.93. The van der Waals surface area contributed by atoms with Crippen LogP contribution in [0.3, 0.4) is 0 Å². The van der Waals surface area contributed by atoms with Gasteiger partial charge in [0.1, 0.15) is 11.4 Å². The lowest BCUT2D eigenvalue weighted by atomic mass is 10.2. The highest BCUT2D eigenvalue weighted by Crippen LogP contribution is 2.31. The summed E-state index contributed by atoms with van der Waals surface area (Å²) in [5.74, 6) is -1.06. The number of halogens is 3. The largest absolute Gasteiger partial charge is 0.471 e. The monoisotopic (exact) mass is 502 g/mol. The molecule has 4 aromatic rings. The topological polar surface area (TPSA) is 121 Å². The molecule has 36 heavy (non-hydrogen) atoms. The van der Waals surface area contributed by atoms with Crippen LogP contribution in [-0.4, -0.2) is 41.2 Å². The van der Waals surface area contributed by atoms with Gasteiger partial charge in [-0.25, -0.2) is 4.68 Å². The van der Waals surface area contributed by atoms with E-state index in [1.807, 2.05) is 0 Å². The zero-order valence-electron chi connectivity index (χ0n) is 19.2. The first-order valence-corrected chi connectivity index (χ1v) is 10.5. The molecule has 11 nitrogen and oxygen atoms in total. The number of aromatic nitrogens is 6. The molecule has 4 rings (SSSR count). The Balaban J connectivity index is 1.37. The zero-order chi connectivity index (χ0) is 25.9. The third-order valence-electron chi connectivity index (χ3n) is 5.01. The highest BCUT2D eigenvalue weighted by molar-refractivity contribution is 6.07. The van der Waals surface area contributed by atoms with Crippen LogP contribution in [0.1, 0.15) is 32.1 Å². The summed E-state index contributed by atoms with van der Waals surface area (Å²) < 4.78 is 48.1. The highest BCUT2D eigenvalue weighted by Gasteiger charge is 2.30. The van der Waals surface area contributed by atoms with E-state index in [9.17, 15) is 22.8 Å². The van der Waals surface area contributed by atoms with Crippen LogP contribution in [0.15, 0.2) is 55.1 Å². The predicted octanol–water partition coefficient (Wildman–Crippen LogP) is 2.59. The molecule has 2 N–H and O–H groups in total. The minimum atomic E-state index is -4.49. The lowest BCUT2D eigenvalue weighted by molar-refractivity contribution is -0.137. The third kappa shape index (κ3) is 5.71. The molecule has 3 aromatic heterocycles. The van der Waals surface area contributed by atoms with Crippen molar-refractivity contribution >= 4 is 17.5 Å². The summed E-state index contributed by atoms with van der Waals surface area (Å²) in [4.78, 5) is 25.4. The van der Waals surface area contributed by atoms with Crippen molar-refractivity contribution in [2.75, 3.05) is 5.32 Å². The fourth-order valence-electron chi connectivity index (χ4n) is 3.27. The van der Waals surface area contributed by atoms with E-state index >= 15 is 0 Å². The first-order chi connectivity index (χ1) is 17.1. The van der Waals surface area contributed by atoms with Gasteiger partial charge in [-0.05, 0) is 24.3 Å². The van der Waals surface area contributed by atoms with Gasteiger partial charge in [0.05, 0.1) is 23.6 Å². The number of nitrogens with one attached hydrogen (secondary N) is 2. The van der Waals surface area contributed by atoms with Crippen molar-refractivity contribution in [2.24, 2.45) is 14.1 Å². The second-order valence-electron chi connectivity index (χ2n) is 7.73. The molecular weight excluding hydrogens is 481 g/mol. The van der Waals surface area contributed by atoms with Crippen molar-refractivity contribution in [3.05, 3.63) is 77.6 Å². The normalized spacial score (nSPS) is 11.4. The van der Waals surface area contributed by atoms with Crippen LogP contribution in [0, 0.1) is 0 Å². The molecule has 0 saturated heterocycles. The van der Waals surface area contributed by atoms with Gasteiger partial charge in [0, 0.05) is 38.6 Å². The maximum absolute atomic E-state index is 12.9. The van der Waals surface area contributed by atoms with Crippen molar-refractivity contribution in [2.45, 2.75) is 19.5 Å². The molecule has 0 radical (unpaired) electrons. The summed E-state index contributed by atoms with van der Waals surface area (Å²) in [6.07, 6.45) is 1.67. The van der Waals surface area contributed by atoms with Gasteiger partial charge in [0.25, 0.3) is 11.8 Å². The standard InChI is InChI=1S/C22H21F3N8O3/c1-31-12-14(10-27-31)9-26-21(35)19-18(11-28-32(19)2)29-20(34)17-6-7-33(30-17)13-36-16-5-3-4-15(8-16)22(23,24)25/h3-8,10-12H,9,13H2,1-2H3,(H,26,35)(H,29,34). The van der Waals surface area contributed by atoms with E-state index in [-0.39, 0.29) is 36.1 Å². The molecule has 0 aliphatic carbocycles. The molecule has 0 saturated carbocycles. The van der Waals surface area contributed by atoms with Crippen LogP contribution in [0.4, 0.5) is 18.9 Å². The van der Waals surface area contributed by atoms with Gasteiger partial charge in [-0.15, -0.1) is 0 Å². The molecule has 3 heterocycles. The van der Waals surface area contributed by atoms with Gasteiger partial charge in [-0.1, -0.05) is 6.07 Å². The summed E-state index contributed by atoms with van der Waals surface area (Å²) in [5, 5.41) is 17.5. The van der Waals surface area contributed by atoms with Crippen LogP contribution in [0.25, 0.3) is 0 Å². The average Bonchev–Trinajstić information content (AvgIpc) is 3.56. The van der Waals surface area contributed by atoms with Gasteiger partial charge >= 0.3 is 6.18 Å². The van der Waals surface area contributed by atoms with Crippen LogP contribution in [0.2, 0.25) is 0 Å². The zero-order valence-corrected chi connectivity index (χ0v) is 19.2. The number of anilines is 1. The number of alkyl halides is 3. The number of nitrogens with zero attached hydrogens (tertiary/aromatic N) is 6. The van der Waals surface area contributed by atoms with E-state index in [0.717, 1.165) is 17.7 Å². The fourth-order valence-corrected chi connectivity index (χ4v) is 3.27. The Morgan fingerprint density at radius 3 is 2.61 bits per heavy atom. The number of rotatable bonds is 8. The van der Waals surface area contributed by atoms with Crippen LogP contribution in [-0.2, 0) is 33.5 Å². The number of hydrogen-bond acceptors (Lipinski definition) is 6. The Bertz CT molecular complexity index is 1390. The number of carbonyl (C=O) groups is 2. The molecule has 2 amide bonds. The van der Waals surface area contributed by atoms with E-state index in [1.165, 1.54) is 40.0 Å². The summed E-state index contributed by atoms with van der Waals surface area (Å²) in [6.45, 7) is 0.0189. The molecule has 0 fully saturated rings. The van der Waals surface area contributed by atoms with Crippen molar-refractivity contribution in [3.8, 4) is 5.75 Å². The van der Waals surface area contributed by atoms with Crippen molar-refractivity contribution in [1.82, 2.24) is 34.7 Å². The number of benzene rings is 1. The molecule has 0 atom stereocenters. The molecular formula is C22H21F3N8O3. The first-order valence-electron chi connectivity index (χ1n) is 10.5. The van der Waals surface area contributed by atoms with Gasteiger partial charge in [0.2, 0.25) is 0 Å². The number of hydrogen-bond donors (Lipinski definition) is 2. The van der Waals surface area contributed by atoms with E-state index < -0.39 is 23.6 Å². The molecule has 0 aliphatic heterocycles.